The summed E-state index contributed by atoms with van der Waals surface area (Å²) in [4.78, 5) is 14.0. The van der Waals surface area contributed by atoms with E-state index in [1.54, 1.807) is 24.3 Å². The summed E-state index contributed by atoms with van der Waals surface area (Å²) in [7, 11) is 0. The molecular weight excluding hydrogens is 260 g/mol. The largest absolute Gasteiger partial charge is 0.508 e. The number of anilines is 1. The molecule has 0 amide bonds. The van der Waals surface area contributed by atoms with Crippen molar-refractivity contribution in [3.8, 4) is 11.6 Å². The Morgan fingerprint density at radius 1 is 1.30 bits per heavy atom. The van der Waals surface area contributed by atoms with Gasteiger partial charge in [-0.15, -0.1) is 0 Å². The Kier molecular flexibility index (Phi) is 2.60. The summed E-state index contributed by atoms with van der Waals surface area (Å²) in [5.41, 5.74) is 6.34. The Labute approximate surface area is 112 Å². The van der Waals surface area contributed by atoms with Gasteiger partial charge in [-0.25, -0.2) is 4.68 Å². The molecule has 0 bridgehead atoms. The molecule has 0 spiro atoms. The zero-order valence-corrected chi connectivity index (χ0v) is 10.4. The zero-order chi connectivity index (χ0) is 14.3. The number of pyridine rings is 1. The number of hydrogen-bond donors (Lipinski definition) is 4. The van der Waals surface area contributed by atoms with Crippen LogP contribution in [0, 0.1) is 0 Å². The molecule has 7 nitrogen and oxygen atoms in total. The lowest BCUT2D eigenvalue weighted by Crippen LogP contribution is -2.09. The van der Waals surface area contributed by atoms with Crippen molar-refractivity contribution < 1.29 is 10.2 Å². The van der Waals surface area contributed by atoms with E-state index in [1.165, 1.54) is 10.7 Å². The first-order chi connectivity index (χ1) is 9.56. The van der Waals surface area contributed by atoms with Gasteiger partial charge in [-0.05, 0) is 6.07 Å². The third-order valence-electron chi connectivity index (χ3n) is 3.07. The van der Waals surface area contributed by atoms with Crippen molar-refractivity contribution in [2.45, 2.75) is 6.54 Å². The molecule has 0 aliphatic rings. The Balaban J connectivity index is 2.14. The third kappa shape index (κ3) is 1.85. The Hall–Kier alpha value is -2.96. The highest BCUT2D eigenvalue weighted by atomic mass is 16.3. The quantitative estimate of drug-likeness (QED) is 0.549. The number of nitrogens with zero attached hydrogens (tertiary/aromatic N) is 2. The second kappa shape index (κ2) is 4.30. The number of aromatic nitrogens is 3. The summed E-state index contributed by atoms with van der Waals surface area (Å²) < 4.78 is 1.41. The summed E-state index contributed by atoms with van der Waals surface area (Å²) in [6, 6.07) is 8.13. The number of H-pyrrole nitrogens is 1. The number of benzene rings is 1. The predicted octanol–water partition coefficient (Wildman–Crippen LogP) is 0.766. The van der Waals surface area contributed by atoms with Crippen LogP contribution in [-0.4, -0.2) is 25.0 Å². The highest BCUT2D eigenvalue weighted by Crippen LogP contribution is 2.22. The van der Waals surface area contributed by atoms with Crippen LogP contribution in [-0.2, 0) is 6.54 Å². The first-order valence-corrected chi connectivity index (χ1v) is 5.91. The van der Waals surface area contributed by atoms with E-state index in [9.17, 15) is 15.0 Å². The summed E-state index contributed by atoms with van der Waals surface area (Å²) in [6.07, 6.45) is 0. The number of phenolic OH excluding ortho intramolecular Hbond substituents is 1. The minimum Gasteiger partial charge on any atom is -0.508 e. The molecule has 0 saturated heterocycles. The lowest BCUT2D eigenvalue weighted by molar-refractivity contribution is 0.453. The van der Waals surface area contributed by atoms with Crippen molar-refractivity contribution in [2.75, 3.05) is 5.73 Å². The topological polar surface area (TPSA) is 117 Å². The van der Waals surface area contributed by atoms with Crippen LogP contribution in [0.25, 0.3) is 10.9 Å². The smallest absolute Gasteiger partial charge is 0.263 e. The van der Waals surface area contributed by atoms with E-state index in [0.717, 1.165) is 0 Å². The standard InChI is InChI=1S/C13H12N4O3/c14-12-11-8(5-10(19)15-13(11)20)16-17(12)6-7-3-1-2-4-9(7)18/h1-5,18-19H,6,14H2,(H,15,20). The molecule has 0 unspecified atom stereocenters. The van der Waals surface area contributed by atoms with E-state index < -0.39 is 5.56 Å². The van der Waals surface area contributed by atoms with Gasteiger partial charge in [0, 0.05) is 11.6 Å². The zero-order valence-electron chi connectivity index (χ0n) is 10.4. The summed E-state index contributed by atoms with van der Waals surface area (Å²) in [6.45, 7) is 0.230. The maximum absolute atomic E-state index is 11.8. The number of nitrogen functional groups attached to an aromatic ring is 1. The van der Waals surface area contributed by atoms with Crippen molar-refractivity contribution in [1.82, 2.24) is 14.8 Å². The Morgan fingerprint density at radius 2 is 2.05 bits per heavy atom. The van der Waals surface area contributed by atoms with Crippen LogP contribution in [0.4, 0.5) is 5.82 Å². The number of aromatic hydroxyl groups is 2. The van der Waals surface area contributed by atoms with Crippen molar-refractivity contribution in [1.29, 1.82) is 0 Å². The van der Waals surface area contributed by atoms with Crippen LogP contribution >= 0.6 is 0 Å². The lowest BCUT2D eigenvalue weighted by atomic mass is 10.2. The van der Waals surface area contributed by atoms with Gasteiger partial charge < -0.3 is 15.9 Å². The van der Waals surface area contributed by atoms with Crippen LogP contribution in [0.5, 0.6) is 11.6 Å². The molecule has 0 fully saturated rings. The SMILES string of the molecule is Nc1c2c(=O)[nH]c(O)cc2nn1Cc1ccccc1O. The number of nitrogens with two attached hydrogens (primary N) is 1. The summed E-state index contributed by atoms with van der Waals surface area (Å²) in [5.74, 6) is 0.0439. The second-order valence-electron chi connectivity index (χ2n) is 4.42. The molecule has 3 aromatic rings. The molecule has 2 heterocycles. The van der Waals surface area contributed by atoms with Crippen LogP contribution in [0.1, 0.15) is 5.56 Å². The molecule has 20 heavy (non-hydrogen) atoms. The molecule has 0 atom stereocenters. The van der Waals surface area contributed by atoms with Gasteiger partial charge in [0.05, 0.1) is 6.54 Å². The van der Waals surface area contributed by atoms with Gasteiger partial charge in [-0.3, -0.25) is 9.78 Å². The first-order valence-electron chi connectivity index (χ1n) is 5.91. The average Bonchev–Trinajstić information content (AvgIpc) is 2.69. The molecule has 3 rings (SSSR count). The lowest BCUT2D eigenvalue weighted by Gasteiger charge is -2.05. The number of nitrogens with one attached hydrogen (secondary N) is 1. The van der Waals surface area contributed by atoms with Crippen molar-refractivity contribution in [2.24, 2.45) is 0 Å². The van der Waals surface area contributed by atoms with Gasteiger partial charge in [-0.2, -0.15) is 5.10 Å². The summed E-state index contributed by atoms with van der Waals surface area (Å²) in [5, 5.41) is 23.5. The van der Waals surface area contributed by atoms with E-state index in [-0.39, 0.29) is 29.4 Å². The van der Waals surface area contributed by atoms with Gasteiger partial charge in [0.1, 0.15) is 22.5 Å². The molecule has 102 valence electrons. The van der Waals surface area contributed by atoms with Crippen LogP contribution in [0.2, 0.25) is 0 Å². The minimum atomic E-state index is -0.499. The van der Waals surface area contributed by atoms with E-state index in [4.69, 9.17) is 5.73 Å². The van der Waals surface area contributed by atoms with Gasteiger partial charge in [-0.1, -0.05) is 18.2 Å². The van der Waals surface area contributed by atoms with Crippen LogP contribution in [0.15, 0.2) is 35.1 Å². The van der Waals surface area contributed by atoms with Crippen molar-refractivity contribution in [3.63, 3.8) is 0 Å². The molecule has 0 saturated carbocycles. The molecule has 1 aromatic carbocycles. The van der Waals surface area contributed by atoms with E-state index in [2.05, 4.69) is 10.1 Å². The highest BCUT2D eigenvalue weighted by molar-refractivity contribution is 5.88. The van der Waals surface area contributed by atoms with Crippen molar-refractivity contribution >= 4 is 16.7 Å². The summed E-state index contributed by atoms with van der Waals surface area (Å²) >= 11 is 0. The Bertz CT molecular complexity index is 850. The maximum atomic E-state index is 11.8. The monoisotopic (exact) mass is 272 g/mol. The van der Waals surface area contributed by atoms with Gasteiger partial charge in [0.25, 0.3) is 5.56 Å². The predicted molar refractivity (Wildman–Crippen MR) is 73.6 cm³/mol. The number of para-hydroxylation sites is 1. The molecular formula is C13H12N4O3. The maximum Gasteiger partial charge on any atom is 0.263 e. The first kappa shape index (κ1) is 12.1. The number of fused-ring (bicyclic) bond motifs is 1. The third-order valence-corrected chi connectivity index (χ3v) is 3.07. The second-order valence-corrected chi connectivity index (χ2v) is 4.42. The van der Waals surface area contributed by atoms with Crippen LogP contribution < -0.4 is 11.3 Å². The highest BCUT2D eigenvalue weighted by Gasteiger charge is 2.14. The fourth-order valence-corrected chi connectivity index (χ4v) is 2.10. The number of rotatable bonds is 2. The number of hydrogen-bond acceptors (Lipinski definition) is 5. The number of aromatic amines is 1. The molecule has 0 radical (unpaired) electrons. The average molecular weight is 272 g/mol. The van der Waals surface area contributed by atoms with E-state index >= 15 is 0 Å². The number of phenols is 1. The molecule has 7 heteroatoms. The van der Waals surface area contributed by atoms with Crippen molar-refractivity contribution in [3.05, 3.63) is 46.2 Å². The normalized spacial score (nSPS) is 11.0. The Morgan fingerprint density at radius 3 is 2.80 bits per heavy atom. The van der Waals surface area contributed by atoms with Gasteiger partial charge in [0.2, 0.25) is 0 Å². The fourth-order valence-electron chi connectivity index (χ4n) is 2.10. The molecule has 5 N–H and O–H groups in total. The van der Waals surface area contributed by atoms with Gasteiger partial charge in [0.15, 0.2) is 5.88 Å². The van der Waals surface area contributed by atoms with E-state index in [1.807, 2.05) is 0 Å². The van der Waals surface area contributed by atoms with Crippen LogP contribution in [0.3, 0.4) is 0 Å². The molecule has 0 aliphatic heterocycles. The van der Waals surface area contributed by atoms with Gasteiger partial charge >= 0.3 is 0 Å². The molecule has 2 aromatic heterocycles. The molecule has 0 aliphatic carbocycles. The minimum absolute atomic E-state index is 0.128. The fraction of sp³-hybridized carbons (Fsp3) is 0.0769. The van der Waals surface area contributed by atoms with E-state index in [0.29, 0.717) is 11.1 Å².